The molecule has 6 nitrogen and oxygen atoms in total. The van der Waals surface area contributed by atoms with Crippen molar-refractivity contribution in [3.05, 3.63) is 63.7 Å². The molecule has 1 amide bonds. The normalized spacial score (nSPS) is 10.5. The summed E-state index contributed by atoms with van der Waals surface area (Å²) in [5.41, 5.74) is 0.861. The molecule has 3 heterocycles. The molecule has 7 heteroatoms. The van der Waals surface area contributed by atoms with E-state index in [0.29, 0.717) is 16.5 Å². The van der Waals surface area contributed by atoms with E-state index >= 15 is 0 Å². The number of H-pyrrole nitrogens is 1. The van der Waals surface area contributed by atoms with E-state index in [0.717, 1.165) is 5.56 Å². The fourth-order valence-electron chi connectivity index (χ4n) is 1.76. The maximum absolute atomic E-state index is 12.0. The molecule has 0 aliphatic carbocycles. The fourth-order valence-corrected chi connectivity index (χ4v) is 2.53. The monoisotopic (exact) mass is 301 g/mol. The highest BCUT2D eigenvalue weighted by atomic mass is 32.1. The third kappa shape index (κ3) is 3.09. The van der Waals surface area contributed by atoms with Gasteiger partial charge in [0.05, 0.1) is 6.26 Å². The van der Waals surface area contributed by atoms with E-state index in [2.05, 4.69) is 15.3 Å². The molecule has 0 spiro atoms. The summed E-state index contributed by atoms with van der Waals surface area (Å²) in [5, 5.41) is 5.05. The van der Waals surface area contributed by atoms with Gasteiger partial charge in [0.15, 0.2) is 10.8 Å². The van der Waals surface area contributed by atoms with Crippen LogP contribution in [-0.2, 0) is 6.54 Å². The van der Waals surface area contributed by atoms with Crippen LogP contribution in [-0.4, -0.2) is 15.9 Å². The lowest BCUT2D eigenvalue weighted by atomic mass is 10.2. The highest BCUT2D eigenvalue weighted by Gasteiger charge is 2.12. The number of carbonyl (C=O) groups is 1. The minimum atomic E-state index is -0.288. The molecule has 0 saturated heterocycles. The Morgan fingerprint density at radius 1 is 1.43 bits per heavy atom. The number of nitrogens with zero attached hydrogens (tertiary/aromatic N) is 1. The molecule has 0 bridgehead atoms. The molecule has 3 aromatic heterocycles. The molecular weight excluding hydrogens is 290 g/mol. The van der Waals surface area contributed by atoms with Gasteiger partial charge in [-0.05, 0) is 23.8 Å². The van der Waals surface area contributed by atoms with Crippen molar-refractivity contribution in [2.75, 3.05) is 0 Å². The Morgan fingerprint density at radius 3 is 3.10 bits per heavy atom. The van der Waals surface area contributed by atoms with Crippen molar-refractivity contribution in [2.45, 2.75) is 6.54 Å². The summed E-state index contributed by atoms with van der Waals surface area (Å²) < 4.78 is 5.23. The molecule has 3 aromatic rings. The predicted molar refractivity (Wildman–Crippen MR) is 78.0 cm³/mol. The molecule has 0 aromatic carbocycles. The van der Waals surface area contributed by atoms with Crippen molar-refractivity contribution in [2.24, 2.45) is 0 Å². The van der Waals surface area contributed by atoms with Gasteiger partial charge in [0.25, 0.3) is 5.91 Å². The van der Waals surface area contributed by atoms with Crippen LogP contribution in [0.25, 0.3) is 10.8 Å². The number of carbonyl (C=O) groups excluding carboxylic acids is 1. The first-order valence-electron chi connectivity index (χ1n) is 6.17. The second-order valence-corrected chi connectivity index (χ2v) is 5.12. The Bertz CT molecular complexity index is 805. The van der Waals surface area contributed by atoms with Gasteiger partial charge in [-0.3, -0.25) is 9.59 Å². The maximum Gasteiger partial charge on any atom is 0.271 e. The number of nitrogens with one attached hydrogen (secondary N) is 2. The minimum absolute atomic E-state index is 0.199. The average molecular weight is 301 g/mol. The lowest BCUT2D eigenvalue weighted by molar-refractivity contribution is 0.0946. The van der Waals surface area contributed by atoms with Gasteiger partial charge in [0.1, 0.15) is 5.69 Å². The number of aromatic nitrogens is 2. The van der Waals surface area contributed by atoms with Crippen molar-refractivity contribution in [1.82, 2.24) is 15.3 Å². The van der Waals surface area contributed by atoms with Crippen molar-refractivity contribution >= 4 is 17.2 Å². The number of hydrogen-bond acceptors (Lipinski definition) is 5. The van der Waals surface area contributed by atoms with Gasteiger partial charge < -0.3 is 14.7 Å². The SMILES string of the molecule is O=C(NCc1cc[nH]c(=O)c1)c1csc(-c2ccco2)n1. The standard InChI is InChI=1S/C14H11N3O3S/c18-12-6-9(3-4-15-12)7-16-13(19)10-8-21-14(17-10)11-2-1-5-20-11/h1-6,8H,7H2,(H,15,18)(H,16,19). The van der Waals surface area contributed by atoms with Crippen molar-refractivity contribution in [3.8, 4) is 10.8 Å². The molecule has 0 aliphatic heterocycles. The molecule has 0 unspecified atom stereocenters. The first kappa shape index (κ1) is 13.3. The van der Waals surface area contributed by atoms with Crippen molar-refractivity contribution in [1.29, 1.82) is 0 Å². The number of hydrogen-bond donors (Lipinski definition) is 2. The first-order chi connectivity index (χ1) is 10.2. The third-order valence-electron chi connectivity index (χ3n) is 2.76. The predicted octanol–water partition coefficient (Wildman–Crippen LogP) is 2.02. The number of rotatable bonds is 4. The molecule has 3 rings (SSSR count). The van der Waals surface area contributed by atoms with E-state index < -0.39 is 0 Å². The smallest absolute Gasteiger partial charge is 0.271 e. The fraction of sp³-hybridized carbons (Fsp3) is 0.0714. The highest BCUT2D eigenvalue weighted by molar-refractivity contribution is 7.13. The third-order valence-corrected chi connectivity index (χ3v) is 3.62. The topological polar surface area (TPSA) is 88.0 Å². The van der Waals surface area contributed by atoms with Crippen LogP contribution in [0, 0.1) is 0 Å². The summed E-state index contributed by atoms with van der Waals surface area (Å²) in [4.78, 5) is 29.9. The number of amides is 1. The van der Waals surface area contributed by atoms with Crippen molar-refractivity contribution < 1.29 is 9.21 Å². The quantitative estimate of drug-likeness (QED) is 0.771. The van der Waals surface area contributed by atoms with Crippen LogP contribution in [0.1, 0.15) is 16.1 Å². The summed E-state index contributed by atoms with van der Waals surface area (Å²) in [6, 6.07) is 6.73. The molecule has 21 heavy (non-hydrogen) atoms. The van der Waals surface area contributed by atoms with Gasteiger partial charge in [-0.25, -0.2) is 4.98 Å². The van der Waals surface area contributed by atoms with Crippen LogP contribution in [0.4, 0.5) is 0 Å². The number of aromatic amines is 1. The van der Waals surface area contributed by atoms with Crippen LogP contribution < -0.4 is 10.9 Å². The first-order valence-corrected chi connectivity index (χ1v) is 7.05. The zero-order valence-electron chi connectivity index (χ0n) is 10.8. The summed E-state index contributed by atoms with van der Waals surface area (Å²) in [7, 11) is 0. The minimum Gasteiger partial charge on any atom is -0.462 e. The Balaban J connectivity index is 1.67. The Labute approximate surface area is 123 Å². The molecule has 0 fully saturated rings. The average Bonchev–Trinajstić information content (AvgIpc) is 3.15. The van der Waals surface area contributed by atoms with Crippen LogP contribution in [0.15, 0.2) is 51.3 Å². The number of furan rings is 1. The van der Waals surface area contributed by atoms with Crippen LogP contribution in [0.3, 0.4) is 0 Å². The Morgan fingerprint density at radius 2 is 2.33 bits per heavy atom. The van der Waals surface area contributed by atoms with Gasteiger partial charge in [-0.15, -0.1) is 11.3 Å². The number of thiazole rings is 1. The Kier molecular flexibility index (Phi) is 3.65. The van der Waals surface area contributed by atoms with Crippen LogP contribution in [0.2, 0.25) is 0 Å². The van der Waals surface area contributed by atoms with Gasteiger partial charge in [-0.2, -0.15) is 0 Å². The molecule has 0 aliphatic rings. The molecule has 0 atom stereocenters. The molecule has 0 saturated carbocycles. The molecular formula is C14H11N3O3S. The van der Waals surface area contributed by atoms with E-state index in [1.54, 1.807) is 36.0 Å². The van der Waals surface area contributed by atoms with Gasteiger partial charge in [0.2, 0.25) is 5.56 Å². The lowest BCUT2D eigenvalue weighted by Gasteiger charge is -2.02. The zero-order chi connectivity index (χ0) is 14.7. The summed E-state index contributed by atoms with van der Waals surface area (Å²) in [6.07, 6.45) is 3.10. The summed E-state index contributed by atoms with van der Waals surface area (Å²) in [5.74, 6) is 0.345. The van der Waals surface area contributed by atoms with Gasteiger partial charge in [0, 0.05) is 24.2 Å². The van der Waals surface area contributed by atoms with E-state index in [4.69, 9.17) is 4.42 Å². The lowest BCUT2D eigenvalue weighted by Crippen LogP contribution is -2.23. The summed E-state index contributed by atoms with van der Waals surface area (Å²) in [6.45, 7) is 0.274. The molecule has 0 radical (unpaired) electrons. The van der Waals surface area contributed by atoms with Crippen LogP contribution >= 0.6 is 11.3 Å². The second-order valence-electron chi connectivity index (χ2n) is 4.26. The summed E-state index contributed by atoms with van der Waals surface area (Å²) >= 11 is 1.34. The highest BCUT2D eigenvalue weighted by Crippen LogP contribution is 2.23. The van der Waals surface area contributed by atoms with Crippen molar-refractivity contribution in [3.63, 3.8) is 0 Å². The Hall–Kier alpha value is -2.67. The number of pyridine rings is 1. The van der Waals surface area contributed by atoms with E-state index in [-0.39, 0.29) is 18.0 Å². The van der Waals surface area contributed by atoms with E-state index in [9.17, 15) is 9.59 Å². The van der Waals surface area contributed by atoms with Gasteiger partial charge >= 0.3 is 0 Å². The molecule has 2 N–H and O–H groups in total. The molecule has 106 valence electrons. The maximum atomic E-state index is 12.0. The zero-order valence-corrected chi connectivity index (χ0v) is 11.6. The van der Waals surface area contributed by atoms with E-state index in [1.165, 1.54) is 17.4 Å². The largest absolute Gasteiger partial charge is 0.462 e. The second kappa shape index (κ2) is 5.76. The van der Waals surface area contributed by atoms with E-state index in [1.807, 2.05) is 0 Å². The van der Waals surface area contributed by atoms with Gasteiger partial charge in [-0.1, -0.05) is 0 Å². The van der Waals surface area contributed by atoms with Crippen LogP contribution in [0.5, 0.6) is 0 Å².